The van der Waals surface area contributed by atoms with Crippen LogP contribution < -0.4 is 0 Å². The highest BCUT2D eigenvalue weighted by Gasteiger charge is 2.22. The van der Waals surface area contributed by atoms with Crippen LogP contribution in [0.15, 0.2) is 42.5 Å². The molecule has 1 heterocycles. The number of rotatable bonds is 1. The first-order chi connectivity index (χ1) is 9.74. The van der Waals surface area contributed by atoms with Crippen molar-refractivity contribution in [2.24, 2.45) is 0 Å². The normalized spacial score (nSPS) is 12.3. The number of nitrogens with zero attached hydrogens (tertiary/aromatic N) is 1. The molecule has 0 saturated heterocycles. The zero-order chi connectivity index (χ0) is 13.7. The van der Waals surface area contributed by atoms with Gasteiger partial charge in [-0.2, -0.15) is 0 Å². The SMILES string of the molecule is Cc1nc(-c2cccc3c2Cc2ccccc2-3)[nH]c1C. The van der Waals surface area contributed by atoms with Crippen LogP contribution in [0, 0.1) is 13.8 Å². The lowest BCUT2D eigenvalue weighted by Crippen LogP contribution is -1.89. The molecule has 0 spiro atoms. The summed E-state index contributed by atoms with van der Waals surface area (Å²) in [6.45, 7) is 4.12. The molecule has 4 rings (SSSR count). The van der Waals surface area contributed by atoms with Crippen LogP contribution in [0.3, 0.4) is 0 Å². The Bertz CT molecular complexity index is 793. The third kappa shape index (κ3) is 1.54. The van der Waals surface area contributed by atoms with Gasteiger partial charge >= 0.3 is 0 Å². The minimum atomic E-state index is 0.990. The standard InChI is InChI=1S/C18H16N2/c1-11-12(2)20-18(19-11)16-9-5-8-15-14-7-4-3-6-13(14)10-17(15)16/h3-9H,10H2,1-2H3,(H,19,20). The van der Waals surface area contributed by atoms with E-state index in [1.54, 1.807) is 0 Å². The molecule has 98 valence electrons. The van der Waals surface area contributed by atoms with Crippen molar-refractivity contribution in [2.75, 3.05) is 0 Å². The minimum Gasteiger partial charge on any atom is -0.342 e. The van der Waals surface area contributed by atoms with Gasteiger partial charge in [-0.25, -0.2) is 4.98 Å². The highest BCUT2D eigenvalue weighted by Crippen LogP contribution is 2.40. The number of hydrogen-bond donors (Lipinski definition) is 1. The Morgan fingerprint density at radius 1 is 0.900 bits per heavy atom. The summed E-state index contributed by atoms with van der Waals surface area (Å²) in [5, 5.41) is 0. The highest BCUT2D eigenvalue weighted by atomic mass is 14.9. The average molecular weight is 260 g/mol. The zero-order valence-corrected chi connectivity index (χ0v) is 11.7. The fourth-order valence-electron chi connectivity index (χ4n) is 3.05. The molecule has 1 N–H and O–H groups in total. The lowest BCUT2D eigenvalue weighted by atomic mass is 10.0. The maximum atomic E-state index is 4.67. The summed E-state index contributed by atoms with van der Waals surface area (Å²) in [4.78, 5) is 8.07. The minimum absolute atomic E-state index is 0.990. The second-order valence-corrected chi connectivity index (χ2v) is 5.46. The number of aryl methyl sites for hydroxylation is 2. The maximum absolute atomic E-state index is 4.67. The molecular weight excluding hydrogens is 244 g/mol. The fourth-order valence-corrected chi connectivity index (χ4v) is 3.05. The molecule has 2 nitrogen and oxygen atoms in total. The lowest BCUT2D eigenvalue weighted by molar-refractivity contribution is 1.21. The Kier molecular flexibility index (Phi) is 2.34. The monoisotopic (exact) mass is 260 g/mol. The molecule has 0 bridgehead atoms. The van der Waals surface area contributed by atoms with Crippen molar-refractivity contribution in [1.82, 2.24) is 9.97 Å². The van der Waals surface area contributed by atoms with Crippen LogP contribution >= 0.6 is 0 Å². The van der Waals surface area contributed by atoms with Gasteiger partial charge < -0.3 is 4.98 Å². The van der Waals surface area contributed by atoms with E-state index in [9.17, 15) is 0 Å². The maximum Gasteiger partial charge on any atom is 0.138 e. The molecule has 2 aromatic carbocycles. The third-order valence-electron chi connectivity index (χ3n) is 4.23. The highest BCUT2D eigenvalue weighted by molar-refractivity contribution is 5.83. The quantitative estimate of drug-likeness (QED) is 0.544. The van der Waals surface area contributed by atoms with Crippen LogP contribution in [0.1, 0.15) is 22.5 Å². The summed E-state index contributed by atoms with van der Waals surface area (Å²) in [5.41, 5.74) is 8.97. The van der Waals surface area contributed by atoms with Gasteiger partial charge in [0.05, 0.1) is 5.69 Å². The number of fused-ring (bicyclic) bond motifs is 3. The molecule has 0 fully saturated rings. The van der Waals surface area contributed by atoms with Gasteiger partial charge in [-0.05, 0) is 42.5 Å². The summed E-state index contributed by atoms with van der Waals surface area (Å²) in [7, 11) is 0. The van der Waals surface area contributed by atoms with E-state index in [1.165, 1.54) is 27.8 Å². The van der Waals surface area contributed by atoms with Crippen molar-refractivity contribution in [3.63, 3.8) is 0 Å². The van der Waals surface area contributed by atoms with Crippen LogP contribution in [0.25, 0.3) is 22.5 Å². The topological polar surface area (TPSA) is 28.7 Å². The van der Waals surface area contributed by atoms with Gasteiger partial charge in [0.25, 0.3) is 0 Å². The molecule has 1 aromatic heterocycles. The first kappa shape index (κ1) is 11.5. The van der Waals surface area contributed by atoms with Gasteiger partial charge in [-0.15, -0.1) is 0 Å². The molecule has 1 aliphatic carbocycles. The molecule has 0 amide bonds. The Morgan fingerprint density at radius 3 is 2.45 bits per heavy atom. The smallest absolute Gasteiger partial charge is 0.138 e. The Labute approximate surface area is 118 Å². The summed E-state index contributed by atoms with van der Waals surface area (Å²) < 4.78 is 0. The van der Waals surface area contributed by atoms with E-state index >= 15 is 0 Å². The summed E-state index contributed by atoms with van der Waals surface area (Å²) in [5.74, 6) is 0.990. The molecule has 0 radical (unpaired) electrons. The second kappa shape index (κ2) is 4.07. The largest absolute Gasteiger partial charge is 0.342 e. The van der Waals surface area contributed by atoms with Crippen LogP contribution in [-0.4, -0.2) is 9.97 Å². The van der Waals surface area contributed by atoms with Gasteiger partial charge in [0.15, 0.2) is 0 Å². The van der Waals surface area contributed by atoms with Crippen molar-refractivity contribution >= 4 is 0 Å². The Balaban J connectivity index is 1.93. The first-order valence-corrected chi connectivity index (χ1v) is 6.98. The zero-order valence-electron chi connectivity index (χ0n) is 11.7. The van der Waals surface area contributed by atoms with E-state index in [-0.39, 0.29) is 0 Å². The van der Waals surface area contributed by atoms with E-state index in [4.69, 9.17) is 0 Å². The van der Waals surface area contributed by atoms with Crippen molar-refractivity contribution in [1.29, 1.82) is 0 Å². The first-order valence-electron chi connectivity index (χ1n) is 6.98. The Morgan fingerprint density at radius 2 is 1.65 bits per heavy atom. The van der Waals surface area contributed by atoms with Crippen molar-refractivity contribution in [3.05, 3.63) is 65.0 Å². The van der Waals surface area contributed by atoms with Crippen molar-refractivity contribution < 1.29 is 0 Å². The predicted octanol–water partition coefficient (Wildman–Crippen LogP) is 4.26. The number of imidazole rings is 1. The molecule has 1 aliphatic rings. The van der Waals surface area contributed by atoms with Gasteiger partial charge in [0.1, 0.15) is 5.82 Å². The third-order valence-corrected chi connectivity index (χ3v) is 4.23. The second-order valence-electron chi connectivity index (χ2n) is 5.46. The molecule has 0 aliphatic heterocycles. The van der Waals surface area contributed by atoms with E-state index < -0.39 is 0 Å². The van der Waals surface area contributed by atoms with Gasteiger partial charge in [-0.3, -0.25) is 0 Å². The molecule has 0 unspecified atom stereocenters. The summed E-state index contributed by atoms with van der Waals surface area (Å²) >= 11 is 0. The molecule has 2 heteroatoms. The van der Waals surface area contributed by atoms with Gasteiger partial charge in [0.2, 0.25) is 0 Å². The lowest BCUT2D eigenvalue weighted by Gasteiger charge is -2.05. The summed E-state index contributed by atoms with van der Waals surface area (Å²) in [6, 6.07) is 15.2. The summed E-state index contributed by atoms with van der Waals surface area (Å²) in [6.07, 6.45) is 1.00. The van der Waals surface area contributed by atoms with E-state index in [1.807, 2.05) is 6.92 Å². The van der Waals surface area contributed by atoms with Crippen LogP contribution in [-0.2, 0) is 6.42 Å². The predicted molar refractivity (Wildman–Crippen MR) is 81.7 cm³/mol. The number of aromatic amines is 1. The number of nitrogens with one attached hydrogen (secondary N) is 1. The fraction of sp³-hybridized carbons (Fsp3) is 0.167. The number of aromatic nitrogens is 2. The van der Waals surface area contributed by atoms with Crippen molar-refractivity contribution in [3.8, 4) is 22.5 Å². The number of hydrogen-bond acceptors (Lipinski definition) is 1. The van der Waals surface area contributed by atoms with Crippen molar-refractivity contribution in [2.45, 2.75) is 20.3 Å². The number of benzene rings is 2. The van der Waals surface area contributed by atoms with Crippen LogP contribution in [0.2, 0.25) is 0 Å². The molecule has 3 aromatic rings. The average Bonchev–Trinajstić information content (AvgIpc) is 2.99. The molecule has 0 atom stereocenters. The van der Waals surface area contributed by atoms with Crippen LogP contribution in [0.5, 0.6) is 0 Å². The van der Waals surface area contributed by atoms with Crippen LogP contribution in [0.4, 0.5) is 0 Å². The molecule has 0 saturated carbocycles. The number of H-pyrrole nitrogens is 1. The van der Waals surface area contributed by atoms with Gasteiger partial charge in [-0.1, -0.05) is 42.5 Å². The van der Waals surface area contributed by atoms with E-state index in [0.717, 1.165) is 23.6 Å². The van der Waals surface area contributed by atoms with E-state index in [0.29, 0.717) is 0 Å². The molecular formula is C18H16N2. The molecule has 20 heavy (non-hydrogen) atoms. The van der Waals surface area contributed by atoms with E-state index in [2.05, 4.69) is 59.4 Å². The Hall–Kier alpha value is -2.35. The van der Waals surface area contributed by atoms with Gasteiger partial charge in [0, 0.05) is 11.3 Å².